The van der Waals surface area contributed by atoms with Crippen LogP contribution >= 0.6 is 0 Å². The minimum Gasteiger partial charge on any atom is -0.456 e. The van der Waals surface area contributed by atoms with Crippen LogP contribution in [0.25, 0.3) is 100 Å². The number of aromatic nitrogens is 3. The molecule has 10 aromatic rings. The van der Waals surface area contributed by atoms with E-state index in [4.69, 9.17) is 23.8 Å². The van der Waals surface area contributed by atoms with Gasteiger partial charge in [0.05, 0.1) is 0 Å². The molecule has 0 fully saturated rings. The molecule has 0 atom stereocenters. The minimum absolute atomic E-state index is 0.563. The van der Waals surface area contributed by atoms with E-state index < -0.39 is 0 Å². The van der Waals surface area contributed by atoms with Gasteiger partial charge < -0.3 is 8.83 Å². The summed E-state index contributed by atoms with van der Waals surface area (Å²) in [5.41, 5.74) is 10.2. The molecule has 0 radical (unpaired) electrons. The molecule has 0 saturated carbocycles. The van der Waals surface area contributed by atoms with Crippen molar-refractivity contribution < 1.29 is 8.83 Å². The molecular weight excluding hydrogens is 615 g/mol. The summed E-state index contributed by atoms with van der Waals surface area (Å²) in [6.07, 6.45) is 0. The SMILES string of the molecule is c1ccc(-c2nc(-c3ccc4c(c3)oc3c(-c5ccccc5)cccc34)nc(-c3cccc4oc5cccc(-c6ccccc6)c5c34)n2)cc1. The fourth-order valence-electron chi connectivity index (χ4n) is 7.04. The lowest BCUT2D eigenvalue weighted by Crippen LogP contribution is -2.00. The number of hydrogen-bond acceptors (Lipinski definition) is 5. The van der Waals surface area contributed by atoms with E-state index in [9.17, 15) is 0 Å². The van der Waals surface area contributed by atoms with E-state index in [1.807, 2.05) is 84.9 Å². The average molecular weight is 642 g/mol. The Hall–Kier alpha value is -6.85. The Morgan fingerprint density at radius 1 is 0.320 bits per heavy atom. The Morgan fingerprint density at radius 3 is 1.56 bits per heavy atom. The molecule has 5 nitrogen and oxygen atoms in total. The molecule has 50 heavy (non-hydrogen) atoms. The van der Waals surface area contributed by atoms with Crippen molar-refractivity contribution in [2.45, 2.75) is 0 Å². The van der Waals surface area contributed by atoms with Crippen molar-refractivity contribution in [3.05, 3.63) is 164 Å². The average Bonchev–Trinajstić information content (AvgIpc) is 3.77. The molecule has 0 aliphatic heterocycles. The predicted molar refractivity (Wildman–Crippen MR) is 202 cm³/mol. The van der Waals surface area contributed by atoms with E-state index >= 15 is 0 Å². The molecule has 10 rings (SSSR count). The zero-order valence-corrected chi connectivity index (χ0v) is 26.7. The number of rotatable bonds is 5. The van der Waals surface area contributed by atoms with Gasteiger partial charge in [0.2, 0.25) is 0 Å². The lowest BCUT2D eigenvalue weighted by atomic mass is 9.97. The van der Waals surface area contributed by atoms with E-state index in [1.54, 1.807) is 0 Å². The molecule has 3 heterocycles. The van der Waals surface area contributed by atoms with Gasteiger partial charge in [0.15, 0.2) is 17.5 Å². The lowest BCUT2D eigenvalue weighted by molar-refractivity contribution is 0.669. The second kappa shape index (κ2) is 11.4. The van der Waals surface area contributed by atoms with Crippen LogP contribution in [0, 0.1) is 0 Å². The topological polar surface area (TPSA) is 65.0 Å². The predicted octanol–water partition coefficient (Wildman–Crippen LogP) is 12.0. The quantitative estimate of drug-likeness (QED) is 0.187. The van der Waals surface area contributed by atoms with Crippen LogP contribution in [-0.4, -0.2) is 15.0 Å². The van der Waals surface area contributed by atoms with Gasteiger partial charge in [-0.05, 0) is 41.0 Å². The van der Waals surface area contributed by atoms with Gasteiger partial charge in [-0.3, -0.25) is 0 Å². The van der Waals surface area contributed by atoms with Crippen molar-refractivity contribution >= 4 is 43.9 Å². The summed E-state index contributed by atoms with van der Waals surface area (Å²) < 4.78 is 13.0. The van der Waals surface area contributed by atoms with E-state index in [1.165, 1.54) is 0 Å². The highest BCUT2D eigenvalue weighted by molar-refractivity contribution is 6.17. The van der Waals surface area contributed by atoms with Crippen molar-refractivity contribution in [1.29, 1.82) is 0 Å². The molecular formula is C45H27N3O2. The molecule has 234 valence electrons. The maximum Gasteiger partial charge on any atom is 0.164 e. The van der Waals surface area contributed by atoms with Crippen molar-refractivity contribution in [1.82, 2.24) is 15.0 Å². The van der Waals surface area contributed by atoms with Gasteiger partial charge in [0, 0.05) is 43.8 Å². The van der Waals surface area contributed by atoms with Crippen LogP contribution in [0.3, 0.4) is 0 Å². The Morgan fingerprint density at radius 2 is 0.860 bits per heavy atom. The molecule has 0 aliphatic rings. The first kappa shape index (κ1) is 28.2. The van der Waals surface area contributed by atoms with Crippen molar-refractivity contribution in [3.8, 4) is 56.4 Å². The summed E-state index contributed by atoms with van der Waals surface area (Å²) >= 11 is 0. The number of hydrogen-bond donors (Lipinski definition) is 0. The third kappa shape index (κ3) is 4.60. The molecule has 0 aliphatic carbocycles. The van der Waals surface area contributed by atoms with Gasteiger partial charge in [-0.2, -0.15) is 0 Å². The monoisotopic (exact) mass is 641 g/mol. The summed E-state index contributed by atoms with van der Waals surface area (Å²) in [4.78, 5) is 15.3. The van der Waals surface area contributed by atoms with E-state index in [0.29, 0.717) is 17.5 Å². The third-order valence-electron chi connectivity index (χ3n) is 9.36. The summed E-state index contributed by atoms with van der Waals surface area (Å²) in [6, 6.07) is 55.6. The molecule has 0 amide bonds. The Balaban J connectivity index is 1.20. The van der Waals surface area contributed by atoms with Gasteiger partial charge >= 0.3 is 0 Å². The van der Waals surface area contributed by atoms with Gasteiger partial charge in [-0.15, -0.1) is 0 Å². The fourth-order valence-corrected chi connectivity index (χ4v) is 7.04. The van der Waals surface area contributed by atoms with Gasteiger partial charge in [0.25, 0.3) is 0 Å². The molecule has 5 heteroatoms. The van der Waals surface area contributed by atoms with Crippen molar-refractivity contribution in [2.24, 2.45) is 0 Å². The lowest BCUT2D eigenvalue weighted by Gasteiger charge is -2.10. The highest BCUT2D eigenvalue weighted by atomic mass is 16.3. The third-order valence-corrected chi connectivity index (χ3v) is 9.36. The minimum atomic E-state index is 0.563. The maximum absolute atomic E-state index is 6.60. The molecule has 0 spiro atoms. The van der Waals surface area contributed by atoms with Crippen molar-refractivity contribution in [2.75, 3.05) is 0 Å². The number of benzene rings is 7. The van der Waals surface area contributed by atoms with Crippen molar-refractivity contribution in [3.63, 3.8) is 0 Å². The highest BCUT2D eigenvalue weighted by Gasteiger charge is 2.21. The van der Waals surface area contributed by atoms with Crippen LogP contribution in [0.15, 0.2) is 173 Å². The number of furan rings is 2. The molecule has 0 bridgehead atoms. The first-order valence-corrected chi connectivity index (χ1v) is 16.6. The summed E-state index contributed by atoms with van der Waals surface area (Å²) in [7, 11) is 0. The summed E-state index contributed by atoms with van der Waals surface area (Å²) in [5, 5.41) is 4.12. The summed E-state index contributed by atoms with van der Waals surface area (Å²) in [5.74, 6) is 1.73. The smallest absolute Gasteiger partial charge is 0.164 e. The van der Waals surface area contributed by atoms with E-state index in [-0.39, 0.29) is 0 Å². The molecule has 3 aromatic heterocycles. The molecule has 0 saturated heterocycles. The first-order valence-electron chi connectivity index (χ1n) is 16.6. The van der Waals surface area contributed by atoms with E-state index in [2.05, 4.69) is 78.9 Å². The number of fused-ring (bicyclic) bond motifs is 6. The Kier molecular flexibility index (Phi) is 6.42. The van der Waals surface area contributed by atoms with Crippen LogP contribution in [0.5, 0.6) is 0 Å². The molecule has 0 N–H and O–H groups in total. The highest BCUT2D eigenvalue weighted by Crippen LogP contribution is 2.42. The van der Waals surface area contributed by atoms with Crippen LogP contribution < -0.4 is 0 Å². The van der Waals surface area contributed by atoms with Crippen LogP contribution in [0.2, 0.25) is 0 Å². The summed E-state index contributed by atoms with van der Waals surface area (Å²) in [6.45, 7) is 0. The number of nitrogens with zero attached hydrogens (tertiary/aromatic N) is 3. The van der Waals surface area contributed by atoms with Crippen LogP contribution in [-0.2, 0) is 0 Å². The van der Waals surface area contributed by atoms with Crippen LogP contribution in [0.4, 0.5) is 0 Å². The molecule has 0 unspecified atom stereocenters. The standard InChI is InChI=1S/C45H27N3O2/c1-4-13-28(14-5-1)32-19-11-23-37-40(32)41-36(22-12-24-38(41)49-37)45-47-43(30-17-8-3-9-18-30)46-44(48-45)31-25-26-34-35-21-10-20-33(29-15-6-2-7-16-29)42(35)50-39(34)27-31/h1-27H. The second-order valence-corrected chi connectivity index (χ2v) is 12.4. The molecule has 7 aromatic carbocycles. The van der Waals surface area contributed by atoms with Crippen LogP contribution in [0.1, 0.15) is 0 Å². The zero-order valence-electron chi connectivity index (χ0n) is 26.7. The van der Waals surface area contributed by atoms with Gasteiger partial charge in [0.1, 0.15) is 22.3 Å². The largest absolute Gasteiger partial charge is 0.456 e. The maximum atomic E-state index is 6.60. The van der Waals surface area contributed by atoms with E-state index in [0.717, 1.165) is 82.8 Å². The zero-order chi connectivity index (χ0) is 33.0. The van der Waals surface area contributed by atoms with Gasteiger partial charge in [-0.25, -0.2) is 15.0 Å². The fraction of sp³-hybridized carbons (Fsp3) is 0. The Labute approximate surface area is 287 Å². The first-order chi connectivity index (χ1) is 24.8. The Bertz CT molecular complexity index is 2860. The second-order valence-electron chi connectivity index (χ2n) is 12.4. The number of para-hydroxylation sites is 1. The normalized spacial score (nSPS) is 11.6. The van der Waals surface area contributed by atoms with Gasteiger partial charge in [-0.1, -0.05) is 140 Å².